The van der Waals surface area contributed by atoms with Crippen LogP contribution in [0.4, 0.5) is 0 Å². The molecule has 25 heavy (non-hydrogen) atoms. The van der Waals surface area contributed by atoms with Crippen molar-refractivity contribution >= 4 is 46.3 Å². The number of amides is 1. The van der Waals surface area contributed by atoms with Gasteiger partial charge in [-0.2, -0.15) is 0 Å². The van der Waals surface area contributed by atoms with E-state index in [1.807, 2.05) is 6.92 Å². The van der Waals surface area contributed by atoms with Crippen LogP contribution < -0.4 is 4.74 Å². The summed E-state index contributed by atoms with van der Waals surface area (Å²) in [5, 5.41) is 18.8. The van der Waals surface area contributed by atoms with Gasteiger partial charge in [-0.15, -0.1) is 0 Å². The molecule has 1 aromatic carbocycles. The Morgan fingerprint density at radius 2 is 2.20 bits per heavy atom. The third-order valence-corrected chi connectivity index (χ3v) is 4.79. The molecule has 0 aliphatic carbocycles. The summed E-state index contributed by atoms with van der Waals surface area (Å²) in [5.41, 5.74) is 0.495. The van der Waals surface area contributed by atoms with Crippen molar-refractivity contribution in [2.45, 2.75) is 26.2 Å². The van der Waals surface area contributed by atoms with Crippen LogP contribution in [0.3, 0.4) is 0 Å². The van der Waals surface area contributed by atoms with E-state index in [1.54, 1.807) is 18.2 Å². The summed E-state index contributed by atoms with van der Waals surface area (Å²) in [6.07, 6.45) is 2.77. The Morgan fingerprint density at radius 1 is 1.44 bits per heavy atom. The lowest BCUT2D eigenvalue weighted by atomic mass is 10.1. The predicted molar refractivity (Wildman–Crippen MR) is 101 cm³/mol. The number of aromatic hydroxyl groups is 1. The van der Waals surface area contributed by atoms with Crippen molar-refractivity contribution in [3.8, 4) is 11.5 Å². The fourth-order valence-corrected chi connectivity index (χ4v) is 3.48. The summed E-state index contributed by atoms with van der Waals surface area (Å²) in [4.78, 5) is 24.8. The van der Waals surface area contributed by atoms with Crippen molar-refractivity contribution in [3.05, 3.63) is 28.7 Å². The van der Waals surface area contributed by atoms with Gasteiger partial charge >= 0.3 is 5.97 Å². The Labute approximate surface area is 155 Å². The molecule has 8 heteroatoms. The molecule has 0 aromatic heterocycles. The minimum absolute atomic E-state index is 0.0177. The van der Waals surface area contributed by atoms with Crippen LogP contribution in [0.1, 0.15) is 31.7 Å². The van der Waals surface area contributed by atoms with Gasteiger partial charge in [-0.3, -0.25) is 14.5 Å². The lowest BCUT2D eigenvalue weighted by Crippen LogP contribution is -2.29. The van der Waals surface area contributed by atoms with Gasteiger partial charge in [0, 0.05) is 24.6 Å². The van der Waals surface area contributed by atoms with Gasteiger partial charge in [0.05, 0.1) is 11.5 Å². The monoisotopic (exact) mass is 381 g/mol. The molecule has 134 valence electrons. The molecule has 0 saturated carbocycles. The summed E-state index contributed by atoms with van der Waals surface area (Å²) < 4.78 is 5.84. The zero-order valence-electron chi connectivity index (χ0n) is 13.7. The Morgan fingerprint density at radius 3 is 2.84 bits per heavy atom. The van der Waals surface area contributed by atoms with E-state index in [0.717, 1.165) is 18.2 Å². The van der Waals surface area contributed by atoms with Crippen LogP contribution in [0.2, 0.25) is 0 Å². The number of benzene rings is 1. The molecular weight excluding hydrogens is 362 g/mol. The zero-order valence-corrected chi connectivity index (χ0v) is 15.4. The average Bonchev–Trinajstić information content (AvgIpc) is 2.82. The molecule has 1 aliphatic rings. The molecule has 0 unspecified atom stereocenters. The second-order valence-electron chi connectivity index (χ2n) is 5.40. The first-order valence-corrected chi connectivity index (χ1v) is 9.07. The summed E-state index contributed by atoms with van der Waals surface area (Å²) in [6, 6.07) is 4.92. The number of ether oxygens (including phenoxy) is 1. The minimum Gasteiger partial charge on any atom is -0.507 e. The molecule has 0 spiro atoms. The van der Waals surface area contributed by atoms with Gasteiger partial charge in [-0.1, -0.05) is 30.9 Å². The number of carboxylic acid groups (broad SMARTS) is 1. The SMILES string of the molecule is CCCOc1ccc(/C=C2\SC(=S)N(CCCC(=O)O)C2=O)c(O)c1. The number of phenolic OH excluding ortho intramolecular Hbond substituents is 1. The van der Waals surface area contributed by atoms with E-state index in [9.17, 15) is 14.7 Å². The van der Waals surface area contributed by atoms with Crippen LogP contribution in [-0.2, 0) is 9.59 Å². The highest BCUT2D eigenvalue weighted by Crippen LogP contribution is 2.35. The molecule has 1 fully saturated rings. The first kappa shape index (κ1) is 19.3. The highest BCUT2D eigenvalue weighted by molar-refractivity contribution is 8.26. The fourth-order valence-electron chi connectivity index (χ4n) is 2.18. The highest BCUT2D eigenvalue weighted by Gasteiger charge is 2.31. The number of thioether (sulfide) groups is 1. The highest BCUT2D eigenvalue weighted by atomic mass is 32.2. The number of carboxylic acids is 1. The second-order valence-corrected chi connectivity index (χ2v) is 7.08. The van der Waals surface area contributed by atoms with E-state index >= 15 is 0 Å². The molecule has 0 bridgehead atoms. The van der Waals surface area contributed by atoms with Gasteiger partial charge in [0.2, 0.25) is 0 Å². The molecule has 2 rings (SSSR count). The van der Waals surface area contributed by atoms with Crippen LogP contribution in [0, 0.1) is 0 Å². The quantitative estimate of drug-likeness (QED) is 0.528. The Hall–Kier alpha value is -2.06. The maximum atomic E-state index is 12.4. The number of aliphatic carboxylic acids is 1. The van der Waals surface area contributed by atoms with Crippen LogP contribution in [0.25, 0.3) is 6.08 Å². The number of rotatable bonds is 8. The number of hydrogen-bond donors (Lipinski definition) is 2. The molecule has 6 nitrogen and oxygen atoms in total. The summed E-state index contributed by atoms with van der Waals surface area (Å²) in [5.74, 6) is -0.593. The van der Waals surface area contributed by atoms with Crippen LogP contribution in [0.15, 0.2) is 23.1 Å². The molecule has 1 amide bonds. The van der Waals surface area contributed by atoms with E-state index in [0.29, 0.717) is 33.6 Å². The van der Waals surface area contributed by atoms with E-state index in [4.69, 9.17) is 22.1 Å². The molecule has 1 aromatic rings. The first-order valence-electron chi connectivity index (χ1n) is 7.85. The maximum Gasteiger partial charge on any atom is 0.303 e. The maximum absolute atomic E-state index is 12.4. The molecule has 1 heterocycles. The Bertz CT molecular complexity index is 717. The molecule has 2 N–H and O–H groups in total. The molecule has 0 radical (unpaired) electrons. The average molecular weight is 381 g/mol. The number of nitrogens with zero attached hydrogens (tertiary/aromatic N) is 1. The lowest BCUT2D eigenvalue weighted by molar-refractivity contribution is -0.137. The van der Waals surface area contributed by atoms with E-state index in [-0.39, 0.29) is 24.6 Å². The number of phenols is 1. The largest absolute Gasteiger partial charge is 0.507 e. The zero-order chi connectivity index (χ0) is 18.4. The van der Waals surface area contributed by atoms with E-state index < -0.39 is 5.97 Å². The summed E-state index contributed by atoms with van der Waals surface area (Å²) >= 11 is 6.33. The number of thiocarbonyl (C=S) groups is 1. The van der Waals surface area contributed by atoms with Crippen LogP contribution in [-0.4, -0.2) is 44.5 Å². The first-order chi connectivity index (χ1) is 11.9. The van der Waals surface area contributed by atoms with Gasteiger partial charge < -0.3 is 14.9 Å². The van der Waals surface area contributed by atoms with Gasteiger partial charge in [0.1, 0.15) is 15.8 Å². The second kappa shape index (κ2) is 8.87. The van der Waals surface area contributed by atoms with E-state index in [2.05, 4.69) is 0 Å². The van der Waals surface area contributed by atoms with Crippen molar-refractivity contribution < 1.29 is 24.5 Å². The van der Waals surface area contributed by atoms with Gasteiger partial charge in [0.25, 0.3) is 5.91 Å². The van der Waals surface area contributed by atoms with Crippen molar-refractivity contribution in [2.75, 3.05) is 13.2 Å². The Kier molecular flexibility index (Phi) is 6.83. The summed E-state index contributed by atoms with van der Waals surface area (Å²) in [7, 11) is 0. The predicted octanol–water partition coefficient (Wildman–Crippen LogP) is 3.25. The molecule has 1 saturated heterocycles. The van der Waals surface area contributed by atoms with Gasteiger partial charge in [0.15, 0.2) is 0 Å². The molecular formula is C17H19NO5S2. The van der Waals surface area contributed by atoms with Gasteiger partial charge in [-0.05, 0) is 31.1 Å². The number of hydrogen-bond acceptors (Lipinski definition) is 6. The third-order valence-electron chi connectivity index (χ3n) is 3.41. The fraction of sp³-hybridized carbons (Fsp3) is 0.353. The molecule has 0 atom stereocenters. The van der Waals surface area contributed by atoms with Crippen LogP contribution >= 0.6 is 24.0 Å². The van der Waals surface area contributed by atoms with Crippen molar-refractivity contribution in [1.82, 2.24) is 4.90 Å². The number of carbonyl (C=O) groups excluding carboxylic acids is 1. The smallest absolute Gasteiger partial charge is 0.303 e. The van der Waals surface area contributed by atoms with Crippen molar-refractivity contribution in [1.29, 1.82) is 0 Å². The molecule has 1 aliphatic heterocycles. The minimum atomic E-state index is -0.906. The van der Waals surface area contributed by atoms with E-state index in [1.165, 1.54) is 11.0 Å². The van der Waals surface area contributed by atoms with Crippen molar-refractivity contribution in [2.24, 2.45) is 0 Å². The van der Waals surface area contributed by atoms with Gasteiger partial charge in [-0.25, -0.2) is 0 Å². The Balaban J connectivity index is 2.09. The third kappa shape index (κ3) is 5.20. The summed E-state index contributed by atoms with van der Waals surface area (Å²) in [6.45, 7) is 2.82. The van der Waals surface area contributed by atoms with Crippen LogP contribution in [0.5, 0.6) is 11.5 Å². The lowest BCUT2D eigenvalue weighted by Gasteiger charge is -2.13. The standard InChI is InChI=1S/C17H19NO5S2/c1-2-8-23-12-6-5-11(13(19)10-12)9-14-16(22)18(17(24)25-14)7-3-4-15(20)21/h5-6,9-10,19H,2-4,7-8H2,1H3,(H,20,21)/b14-9-. The topological polar surface area (TPSA) is 87.1 Å². The normalized spacial score (nSPS) is 15.9. The van der Waals surface area contributed by atoms with Crippen molar-refractivity contribution in [3.63, 3.8) is 0 Å². The number of carbonyl (C=O) groups is 2.